The molecule has 0 aliphatic heterocycles. The molecule has 1 aromatic carbocycles. The summed E-state index contributed by atoms with van der Waals surface area (Å²) in [4.78, 5) is 4.34. The summed E-state index contributed by atoms with van der Waals surface area (Å²) in [6.45, 7) is -2.63. The van der Waals surface area contributed by atoms with Crippen molar-refractivity contribution in [2.45, 2.75) is 49.2 Å². The minimum absolute atomic E-state index is 0.298. The number of benzene rings is 1. The molecule has 0 spiro atoms. The number of nitrogens with zero attached hydrogens (tertiary/aromatic N) is 6. The van der Waals surface area contributed by atoms with Crippen LogP contribution < -0.4 is 0 Å². The molecule has 0 radical (unpaired) electrons. The van der Waals surface area contributed by atoms with Crippen LogP contribution in [-0.2, 0) is 5.75 Å². The molecule has 9 heteroatoms. The average Bonchev–Trinajstić information content (AvgIpc) is 3.30. The zero-order valence-electron chi connectivity index (χ0n) is 12.8. The number of rotatable bonds is 5. The summed E-state index contributed by atoms with van der Waals surface area (Å²) < 4.78 is 29.7. The number of hydrogen-bond donors (Lipinski definition) is 0. The molecule has 1 saturated carbocycles. The van der Waals surface area contributed by atoms with E-state index in [4.69, 9.17) is 0 Å². The van der Waals surface area contributed by atoms with Crippen molar-refractivity contribution in [3.63, 3.8) is 0 Å². The third-order valence-electron chi connectivity index (χ3n) is 4.33. The molecule has 2 aromatic heterocycles. The Morgan fingerprint density at radius 1 is 1.21 bits per heavy atom. The highest BCUT2D eigenvalue weighted by atomic mass is 32.2. The van der Waals surface area contributed by atoms with Crippen LogP contribution in [0.5, 0.6) is 0 Å². The average molecular weight is 350 g/mol. The van der Waals surface area contributed by atoms with Crippen LogP contribution >= 0.6 is 11.8 Å². The summed E-state index contributed by atoms with van der Waals surface area (Å²) in [5, 5.41) is 12.5. The summed E-state index contributed by atoms with van der Waals surface area (Å²) in [6, 6.07) is 7.25. The van der Waals surface area contributed by atoms with E-state index in [1.165, 1.54) is 24.6 Å². The molecule has 1 aliphatic carbocycles. The Morgan fingerprint density at radius 2 is 2.00 bits per heavy atom. The van der Waals surface area contributed by atoms with Gasteiger partial charge in [0.2, 0.25) is 5.16 Å². The Balaban J connectivity index is 1.59. The first-order chi connectivity index (χ1) is 11.7. The number of fused-ring (bicyclic) bond motifs is 1. The molecule has 3 aromatic rings. The van der Waals surface area contributed by atoms with E-state index < -0.39 is 6.55 Å². The molecule has 0 unspecified atom stereocenters. The van der Waals surface area contributed by atoms with Gasteiger partial charge in [-0.3, -0.25) is 4.57 Å². The molecule has 4 rings (SSSR count). The summed E-state index contributed by atoms with van der Waals surface area (Å²) in [7, 11) is 0. The van der Waals surface area contributed by atoms with Crippen molar-refractivity contribution in [1.29, 1.82) is 0 Å². The zero-order valence-corrected chi connectivity index (χ0v) is 13.7. The molecule has 24 heavy (non-hydrogen) atoms. The van der Waals surface area contributed by atoms with Crippen molar-refractivity contribution in [3.05, 3.63) is 30.1 Å². The lowest BCUT2D eigenvalue weighted by atomic mass is 10.3. The van der Waals surface area contributed by atoms with E-state index in [-0.39, 0.29) is 0 Å². The van der Waals surface area contributed by atoms with Gasteiger partial charge < -0.3 is 0 Å². The van der Waals surface area contributed by atoms with E-state index in [1.807, 2.05) is 4.68 Å². The standard InChI is InChI=1S/C15H16F2N6S/c16-14(17)22-12-8-4-3-7-11(12)18-13(22)9-24-15-19-20-21-23(15)10-5-1-2-6-10/h3-4,7-8,10,14H,1-2,5-6,9H2. The molecular formula is C15H16F2N6S. The van der Waals surface area contributed by atoms with Crippen LogP contribution in [0.1, 0.15) is 44.1 Å². The van der Waals surface area contributed by atoms with Gasteiger partial charge in [0.25, 0.3) is 0 Å². The third-order valence-corrected chi connectivity index (χ3v) is 5.26. The smallest absolute Gasteiger partial charge is 0.269 e. The van der Waals surface area contributed by atoms with E-state index in [0.717, 1.165) is 17.4 Å². The molecule has 0 saturated heterocycles. The van der Waals surface area contributed by atoms with Crippen molar-refractivity contribution in [2.24, 2.45) is 0 Å². The number of tetrazole rings is 1. The van der Waals surface area contributed by atoms with Crippen LogP contribution in [-0.4, -0.2) is 29.8 Å². The minimum Gasteiger partial charge on any atom is -0.269 e. The lowest BCUT2D eigenvalue weighted by Gasteiger charge is -2.11. The summed E-state index contributed by atoms with van der Waals surface area (Å²) in [6.07, 6.45) is 4.48. The van der Waals surface area contributed by atoms with E-state index in [1.54, 1.807) is 24.3 Å². The molecule has 0 bridgehead atoms. The number of para-hydroxylation sites is 2. The topological polar surface area (TPSA) is 61.4 Å². The molecule has 126 valence electrons. The van der Waals surface area contributed by atoms with Gasteiger partial charge in [0.1, 0.15) is 5.82 Å². The van der Waals surface area contributed by atoms with E-state index in [0.29, 0.717) is 33.8 Å². The Kier molecular flexibility index (Phi) is 4.17. The highest BCUT2D eigenvalue weighted by Crippen LogP contribution is 2.33. The van der Waals surface area contributed by atoms with Crippen LogP contribution in [0.2, 0.25) is 0 Å². The van der Waals surface area contributed by atoms with Crippen molar-refractivity contribution in [2.75, 3.05) is 0 Å². The Labute approximate surface area is 141 Å². The van der Waals surface area contributed by atoms with Crippen molar-refractivity contribution in [1.82, 2.24) is 29.8 Å². The van der Waals surface area contributed by atoms with E-state index >= 15 is 0 Å². The summed E-state index contributed by atoms with van der Waals surface area (Å²) >= 11 is 1.35. The van der Waals surface area contributed by atoms with Gasteiger partial charge in [-0.15, -0.1) is 5.10 Å². The zero-order chi connectivity index (χ0) is 16.5. The molecule has 6 nitrogen and oxygen atoms in total. The SMILES string of the molecule is FC(F)n1c(CSc2nnnn2C2CCCC2)nc2ccccc21. The maximum absolute atomic E-state index is 13.4. The number of aromatic nitrogens is 6. The van der Waals surface area contributed by atoms with Gasteiger partial charge in [0.05, 0.1) is 22.8 Å². The number of thioether (sulfide) groups is 1. The Bertz CT molecular complexity index is 839. The number of imidazole rings is 1. The van der Waals surface area contributed by atoms with Gasteiger partial charge in [-0.2, -0.15) is 8.78 Å². The van der Waals surface area contributed by atoms with Crippen LogP contribution in [0, 0.1) is 0 Å². The summed E-state index contributed by atoms with van der Waals surface area (Å²) in [5.74, 6) is 0.628. The van der Waals surface area contributed by atoms with Crippen molar-refractivity contribution < 1.29 is 8.78 Å². The van der Waals surface area contributed by atoms with E-state index in [9.17, 15) is 8.78 Å². The van der Waals surface area contributed by atoms with Gasteiger partial charge in [-0.1, -0.05) is 36.7 Å². The van der Waals surface area contributed by atoms with Gasteiger partial charge in [0.15, 0.2) is 0 Å². The Hall–Kier alpha value is -2.03. The fraction of sp³-hybridized carbons (Fsp3) is 0.467. The fourth-order valence-corrected chi connectivity index (χ4v) is 4.08. The lowest BCUT2D eigenvalue weighted by Crippen LogP contribution is -2.09. The predicted molar refractivity (Wildman–Crippen MR) is 85.9 cm³/mol. The molecule has 1 fully saturated rings. The van der Waals surface area contributed by atoms with Gasteiger partial charge >= 0.3 is 6.55 Å². The molecule has 0 amide bonds. The molecular weight excluding hydrogens is 334 g/mol. The highest BCUT2D eigenvalue weighted by molar-refractivity contribution is 7.98. The number of hydrogen-bond acceptors (Lipinski definition) is 5. The van der Waals surface area contributed by atoms with Crippen molar-refractivity contribution in [3.8, 4) is 0 Å². The predicted octanol–water partition coefficient (Wildman–Crippen LogP) is 3.83. The van der Waals surface area contributed by atoms with Gasteiger partial charge in [-0.25, -0.2) is 9.67 Å². The van der Waals surface area contributed by atoms with Crippen molar-refractivity contribution >= 4 is 22.8 Å². The first-order valence-electron chi connectivity index (χ1n) is 7.88. The normalized spacial score (nSPS) is 15.8. The second-order valence-electron chi connectivity index (χ2n) is 5.80. The highest BCUT2D eigenvalue weighted by Gasteiger charge is 2.23. The second kappa shape index (κ2) is 6.46. The quantitative estimate of drug-likeness (QED) is 0.655. The van der Waals surface area contributed by atoms with Gasteiger partial charge in [0, 0.05) is 0 Å². The molecule has 0 atom stereocenters. The number of halogens is 2. The Morgan fingerprint density at radius 3 is 2.79 bits per heavy atom. The number of alkyl halides is 2. The van der Waals surface area contributed by atoms with Crippen LogP contribution in [0.25, 0.3) is 11.0 Å². The molecule has 0 N–H and O–H groups in total. The maximum atomic E-state index is 13.4. The van der Waals surface area contributed by atoms with Crippen LogP contribution in [0.3, 0.4) is 0 Å². The molecule has 2 heterocycles. The maximum Gasteiger partial charge on any atom is 0.320 e. The lowest BCUT2D eigenvalue weighted by molar-refractivity contribution is 0.0722. The molecule has 1 aliphatic rings. The van der Waals surface area contributed by atoms with E-state index in [2.05, 4.69) is 20.5 Å². The van der Waals surface area contributed by atoms with Gasteiger partial charge in [-0.05, 0) is 35.4 Å². The minimum atomic E-state index is -2.63. The second-order valence-corrected chi connectivity index (χ2v) is 6.74. The monoisotopic (exact) mass is 350 g/mol. The summed E-state index contributed by atoms with van der Waals surface area (Å²) in [5.41, 5.74) is 1.02. The fourth-order valence-electron chi connectivity index (χ4n) is 3.20. The van der Waals surface area contributed by atoms with Crippen LogP contribution in [0.15, 0.2) is 29.4 Å². The first-order valence-corrected chi connectivity index (χ1v) is 8.87. The first kappa shape index (κ1) is 15.5. The largest absolute Gasteiger partial charge is 0.320 e. The van der Waals surface area contributed by atoms with Crippen LogP contribution in [0.4, 0.5) is 8.78 Å². The third kappa shape index (κ3) is 2.77.